The topological polar surface area (TPSA) is 78.6 Å². The molecule has 0 spiro atoms. The van der Waals surface area contributed by atoms with Gasteiger partial charge in [-0.2, -0.15) is 0 Å². The standard InChI is InChI=1S/C14H21N3O3/c1-11-2-3-12(10-14(11)17(19)20)13(4-9-18)16-7-5-15-6-8-16/h2-3,10,13,15,18H,4-9H2,1H3/t13-/m1/s1. The summed E-state index contributed by atoms with van der Waals surface area (Å²) >= 11 is 0. The van der Waals surface area contributed by atoms with Crippen LogP contribution in [0.4, 0.5) is 5.69 Å². The van der Waals surface area contributed by atoms with E-state index in [2.05, 4.69) is 10.2 Å². The van der Waals surface area contributed by atoms with Gasteiger partial charge < -0.3 is 10.4 Å². The highest BCUT2D eigenvalue weighted by Gasteiger charge is 2.23. The van der Waals surface area contributed by atoms with Crippen molar-refractivity contribution in [2.75, 3.05) is 32.8 Å². The monoisotopic (exact) mass is 279 g/mol. The quantitative estimate of drug-likeness (QED) is 0.626. The van der Waals surface area contributed by atoms with Gasteiger partial charge in [0.25, 0.3) is 5.69 Å². The molecule has 2 N–H and O–H groups in total. The van der Waals surface area contributed by atoms with Gasteiger partial charge in [-0.1, -0.05) is 12.1 Å². The molecule has 1 saturated heterocycles. The number of hydrogen-bond donors (Lipinski definition) is 2. The van der Waals surface area contributed by atoms with E-state index in [1.165, 1.54) is 0 Å². The first-order valence-corrected chi connectivity index (χ1v) is 6.94. The number of hydrogen-bond acceptors (Lipinski definition) is 5. The summed E-state index contributed by atoms with van der Waals surface area (Å²) in [6, 6.07) is 5.42. The molecule has 0 bridgehead atoms. The molecule has 0 aromatic heterocycles. The Hall–Kier alpha value is -1.50. The van der Waals surface area contributed by atoms with Crippen LogP contribution >= 0.6 is 0 Å². The Balaban J connectivity index is 2.28. The summed E-state index contributed by atoms with van der Waals surface area (Å²) in [6.45, 7) is 5.44. The number of nitro groups is 1. The summed E-state index contributed by atoms with van der Waals surface area (Å²) in [6.07, 6.45) is 0.597. The van der Waals surface area contributed by atoms with E-state index in [4.69, 9.17) is 0 Å². The fourth-order valence-electron chi connectivity index (χ4n) is 2.71. The Morgan fingerprint density at radius 3 is 2.75 bits per heavy atom. The molecule has 1 heterocycles. The van der Waals surface area contributed by atoms with Crippen molar-refractivity contribution in [3.63, 3.8) is 0 Å². The molecule has 0 radical (unpaired) electrons. The molecule has 1 aliphatic rings. The van der Waals surface area contributed by atoms with E-state index in [-0.39, 0.29) is 23.3 Å². The molecular formula is C14H21N3O3. The van der Waals surface area contributed by atoms with E-state index in [0.717, 1.165) is 31.7 Å². The fourth-order valence-corrected chi connectivity index (χ4v) is 2.71. The maximum atomic E-state index is 11.1. The van der Waals surface area contributed by atoms with Crippen molar-refractivity contribution < 1.29 is 10.0 Å². The van der Waals surface area contributed by atoms with Crippen LogP contribution in [-0.4, -0.2) is 47.7 Å². The van der Waals surface area contributed by atoms with E-state index in [1.54, 1.807) is 19.1 Å². The molecule has 0 saturated carbocycles. The van der Waals surface area contributed by atoms with E-state index >= 15 is 0 Å². The summed E-state index contributed by atoms with van der Waals surface area (Å²) in [7, 11) is 0. The third kappa shape index (κ3) is 3.33. The number of rotatable bonds is 5. The lowest BCUT2D eigenvalue weighted by Crippen LogP contribution is -2.45. The second-order valence-corrected chi connectivity index (χ2v) is 5.12. The zero-order chi connectivity index (χ0) is 14.5. The van der Waals surface area contributed by atoms with Crippen molar-refractivity contribution in [3.05, 3.63) is 39.4 Å². The lowest BCUT2D eigenvalue weighted by molar-refractivity contribution is -0.385. The molecule has 110 valence electrons. The van der Waals surface area contributed by atoms with Gasteiger partial charge in [-0.25, -0.2) is 0 Å². The third-order valence-electron chi connectivity index (χ3n) is 3.81. The average Bonchev–Trinajstić information content (AvgIpc) is 2.46. The molecule has 0 aliphatic carbocycles. The lowest BCUT2D eigenvalue weighted by Gasteiger charge is -2.35. The van der Waals surface area contributed by atoms with Crippen LogP contribution in [0, 0.1) is 17.0 Å². The number of nitrogens with one attached hydrogen (secondary N) is 1. The maximum absolute atomic E-state index is 11.1. The fraction of sp³-hybridized carbons (Fsp3) is 0.571. The zero-order valence-corrected chi connectivity index (χ0v) is 11.7. The van der Waals surface area contributed by atoms with Crippen LogP contribution in [0.15, 0.2) is 18.2 Å². The van der Waals surface area contributed by atoms with E-state index in [9.17, 15) is 15.2 Å². The summed E-state index contributed by atoms with van der Waals surface area (Å²) in [5.74, 6) is 0. The highest BCUT2D eigenvalue weighted by atomic mass is 16.6. The molecule has 6 nitrogen and oxygen atoms in total. The largest absolute Gasteiger partial charge is 0.396 e. The number of benzene rings is 1. The predicted molar refractivity (Wildman–Crippen MR) is 76.7 cm³/mol. The smallest absolute Gasteiger partial charge is 0.272 e. The van der Waals surface area contributed by atoms with Crippen LogP contribution in [0.1, 0.15) is 23.6 Å². The first kappa shape index (κ1) is 14.9. The second kappa shape index (κ2) is 6.78. The minimum Gasteiger partial charge on any atom is -0.396 e. The highest BCUT2D eigenvalue weighted by Crippen LogP contribution is 2.29. The van der Waals surface area contributed by atoms with E-state index in [0.29, 0.717) is 12.0 Å². The minimum absolute atomic E-state index is 0.0430. The number of aliphatic hydroxyl groups excluding tert-OH is 1. The van der Waals surface area contributed by atoms with Crippen molar-refractivity contribution in [3.8, 4) is 0 Å². The van der Waals surface area contributed by atoms with Gasteiger partial charge in [-0.15, -0.1) is 0 Å². The molecule has 1 atom stereocenters. The molecule has 1 aliphatic heterocycles. The number of piperazine rings is 1. The Labute approximate surface area is 118 Å². The molecule has 2 rings (SSSR count). The Morgan fingerprint density at radius 1 is 1.45 bits per heavy atom. The zero-order valence-electron chi connectivity index (χ0n) is 11.7. The van der Waals surface area contributed by atoms with Crippen LogP contribution < -0.4 is 5.32 Å². The summed E-state index contributed by atoms with van der Waals surface area (Å²) in [5, 5.41) is 23.6. The summed E-state index contributed by atoms with van der Waals surface area (Å²) in [5.41, 5.74) is 1.74. The van der Waals surface area contributed by atoms with Crippen molar-refractivity contribution in [1.82, 2.24) is 10.2 Å². The third-order valence-corrected chi connectivity index (χ3v) is 3.81. The van der Waals surface area contributed by atoms with Crippen LogP contribution in [0.3, 0.4) is 0 Å². The Bertz CT molecular complexity index is 473. The molecule has 6 heteroatoms. The SMILES string of the molecule is Cc1ccc([C@@H](CCO)N2CCNCC2)cc1[N+](=O)[O-]. The van der Waals surface area contributed by atoms with Gasteiger partial charge >= 0.3 is 0 Å². The van der Waals surface area contributed by atoms with Gasteiger partial charge in [0, 0.05) is 50.5 Å². The molecule has 0 unspecified atom stereocenters. The Morgan fingerprint density at radius 2 is 2.15 bits per heavy atom. The van der Waals surface area contributed by atoms with Gasteiger partial charge in [0.05, 0.1) is 4.92 Å². The molecule has 20 heavy (non-hydrogen) atoms. The highest BCUT2D eigenvalue weighted by molar-refractivity contribution is 5.43. The predicted octanol–water partition coefficient (Wildman–Crippen LogP) is 1.23. The molecular weight excluding hydrogens is 258 g/mol. The van der Waals surface area contributed by atoms with E-state index < -0.39 is 0 Å². The van der Waals surface area contributed by atoms with Gasteiger partial charge in [-0.3, -0.25) is 15.0 Å². The van der Waals surface area contributed by atoms with Crippen molar-refractivity contribution >= 4 is 5.69 Å². The van der Waals surface area contributed by atoms with Crippen LogP contribution in [0.2, 0.25) is 0 Å². The van der Waals surface area contributed by atoms with Gasteiger partial charge in [0.2, 0.25) is 0 Å². The average molecular weight is 279 g/mol. The number of nitro benzene ring substituents is 1. The molecule has 1 aromatic rings. The number of aryl methyl sites for hydroxylation is 1. The van der Waals surface area contributed by atoms with Crippen molar-refractivity contribution in [1.29, 1.82) is 0 Å². The van der Waals surface area contributed by atoms with E-state index in [1.807, 2.05) is 6.07 Å². The first-order valence-electron chi connectivity index (χ1n) is 6.94. The number of aliphatic hydroxyl groups is 1. The van der Waals surface area contributed by atoms with Crippen LogP contribution in [-0.2, 0) is 0 Å². The van der Waals surface area contributed by atoms with Gasteiger partial charge in [0.1, 0.15) is 0 Å². The number of nitrogens with zero attached hydrogens (tertiary/aromatic N) is 2. The van der Waals surface area contributed by atoms with Crippen molar-refractivity contribution in [2.24, 2.45) is 0 Å². The molecule has 1 fully saturated rings. The molecule has 0 amide bonds. The molecule has 1 aromatic carbocycles. The second-order valence-electron chi connectivity index (χ2n) is 5.12. The minimum atomic E-state index is -0.341. The summed E-state index contributed by atoms with van der Waals surface area (Å²) in [4.78, 5) is 13.0. The van der Waals surface area contributed by atoms with Crippen LogP contribution in [0.25, 0.3) is 0 Å². The lowest BCUT2D eigenvalue weighted by atomic mass is 9.99. The van der Waals surface area contributed by atoms with Gasteiger partial charge in [-0.05, 0) is 18.9 Å². The van der Waals surface area contributed by atoms with Gasteiger partial charge in [0.15, 0.2) is 0 Å². The Kier molecular flexibility index (Phi) is 5.05. The summed E-state index contributed by atoms with van der Waals surface area (Å²) < 4.78 is 0. The normalized spacial score (nSPS) is 17.9. The maximum Gasteiger partial charge on any atom is 0.272 e. The van der Waals surface area contributed by atoms with Crippen LogP contribution in [0.5, 0.6) is 0 Å². The van der Waals surface area contributed by atoms with Crippen molar-refractivity contribution in [2.45, 2.75) is 19.4 Å². The first-order chi connectivity index (χ1) is 9.63.